The van der Waals surface area contributed by atoms with Crippen molar-refractivity contribution in [2.75, 3.05) is 0 Å². The second-order valence-corrected chi connectivity index (χ2v) is 9.55. The lowest BCUT2D eigenvalue weighted by atomic mass is 9.48. The molecule has 4 aliphatic rings. The van der Waals surface area contributed by atoms with Crippen molar-refractivity contribution in [2.24, 2.45) is 28.6 Å². The van der Waals surface area contributed by atoms with Crippen molar-refractivity contribution in [3.8, 4) is 0 Å². The summed E-state index contributed by atoms with van der Waals surface area (Å²) in [5.41, 5.74) is 0.179. The second-order valence-electron chi connectivity index (χ2n) is 9.55. The molecule has 4 nitrogen and oxygen atoms in total. The largest absolute Gasteiger partial charge is 0.481 e. The Morgan fingerprint density at radius 3 is 2.65 bits per heavy atom. The van der Waals surface area contributed by atoms with Gasteiger partial charge in [-0.3, -0.25) is 9.59 Å². The van der Waals surface area contributed by atoms with Gasteiger partial charge in [0.15, 0.2) is 5.78 Å². The lowest BCUT2D eigenvalue weighted by Crippen LogP contribution is -2.53. The zero-order valence-electron chi connectivity index (χ0n) is 15.8. The predicted molar refractivity (Wildman–Crippen MR) is 98.4 cm³/mol. The summed E-state index contributed by atoms with van der Waals surface area (Å²) in [5.74, 6) is 0.748. The average molecular weight is 358 g/mol. The summed E-state index contributed by atoms with van der Waals surface area (Å²) < 4.78 is 0. The molecule has 0 unspecified atom stereocenters. The van der Waals surface area contributed by atoms with E-state index in [0.717, 1.165) is 25.7 Å². The lowest BCUT2D eigenvalue weighted by Gasteiger charge is -2.57. The highest BCUT2D eigenvalue weighted by molar-refractivity contribution is 5.92. The molecule has 0 spiro atoms. The zero-order chi connectivity index (χ0) is 18.7. The molecule has 2 N–H and O–H groups in total. The molecule has 4 heteroatoms. The number of carbonyl (C=O) groups excluding carboxylic acids is 1. The van der Waals surface area contributed by atoms with Crippen LogP contribution in [0.2, 0.25) is 0 Å². The van der Waals surface area contributed by atoms with Gasteiger partial charge in [-0.2, -0.15) is 0 Å². The van der Waals surface area contributed by atoms with E-state index in [1.165, 1.54) is 5.57 Å². The molecule has 142 valence electrons. The minimum Gasteiger partial charge on any atom is -0.481 e. The monoisotopic (exact) mass is 358 g/mol. The number of carboxylic acids is 1. The molecule has 0 amide bonds. The van der Waals surface area contributed by atoms with E-state index in [1.54, 1.807) is 0 Å². The van der Waals surface area contributed by atoms with Crippen LogP contribution in [0.3, 0.4) is 0 Å². The number of rotatable bonds is 3. The quantitative estimate of drug-likeness (QED) is 0.802. The summed E-state index contributed by atoms with van der Waals surface area (Å²) in [6.45, 7) is 4.51. The summed E-state index contributed by atoms with van der Waals surface area (Å²) in [6.07, 6.45) is 11.9. The molecule has 0 aromatic heterocycles. The predicted octanol–water partition coefficient (Wildman–Crippen LogP) is 3.89. The van der Waals surface area contributed by atoms with Crippen molar-refractivity contribution in [3.05, 3.63) is 23.8 Å². The van der Waals surface area contributed by atoms with Crippen LogP contribution in [0, 0.1) is 28.6 Å². The third-order valence-corrected chi connectivity index (χ3v) is 8.59. The standard InChI is InChI=1S/C22H30O4/c1-20-9-5-15(23)13-14(20)3-4-16-17(20)6-10-21(2)18(16)7-11-22(21,26)12-8-19(24)25/h3-4,13,16-18,26H,5-12H2,1-2H3,(H,24,25)/t16-,17+,18+,20+,21+,22-/m1/s1. The molecule has 0 radical (unpaired) electrons. The topological polar surface area (TPSA) is 74.6 Å². The van der Waals surface area contributed by atoms with Gasteiger partial charge in [-0.1, -0.05) is 26.0 Å². The molecule has 0 aliphatic heterocycles. The maximum absolute atomic E-state index is 11.9. The Bertz CT molecular complexity index is 707. The third-order valence-electron chi connectivity index (χ3n) is 8.59. The molecule has 6 atom stereocenters. The Morgan fingerprint density at radius 2 is 1.92 bits per heavy atom. The summed E-state index contributed by atoms with van der Waals surface area (Å²) in [4.78, 5) is 22.9. The fraction of sp³-hybridized carbons (Fsp3) is 0.727. The second kappa shape index (κ2) is 5.79. The summed E-state index contributed by atoms with van der Waals surface area (Å²) in [6, 6.07) is 0. The van der Waals surface area contributed by atoms with Crippen LogP contribution in [0.25, 0.3) is 0 Å². The molecule has 0 heterocycles. The summed E-state index contributed by atoms with van der Waals surface area (Å²) >= 11 is 0. The Labute approximate surface area is 155 Å². The van der Waals surface area contributed by atoms with Crippen molar-refractivity contribution in [1.82, 2.24) is 0 Å². The van der Waals surface area contributed by atoms with Crippen LogP contribution in [0.15, 0.2) is 23.8 Å². The van der Waals surface area contributed by atoms with Gasteiger partial charge in [0.05, 0.1) is 5.60 Å². The van der Waals surface area contributed by atoms with Crippen LogP contribution >= 0.6 is 0 Å². The van der Waals surface area contributed by atoms with Crippen LogP contribution in [0.1, 0.15) is 65.2 Å². The minimum absolute atomic E-state index is 0.0372. The van der Waals surface area contributed by atoms with E-state index >= 15 is 0 Å². The van der Waals surface area contributed by atoms with Crippen molar-refractivity contribution < 1.29 is 19.8 Å². The SMILES string of the molecule is C[C@]12CCC(=O)C=C1C=C[C@@H]1[C@@H]2CC[C@@]2(C)[C@H]1CC[C@@]2(O)CCC(=O)O. The smallest absolute Gasteiger partial charge is 0.303 e. The number of carbonyl (C=O) groups is 2. The van der Waals surface area contributed by atoms with Gasteiger partial charge in [-0.25, -0.2) is 0 Å². The Balaban J connectivity index is 1.66. The van der Waals surface area contributed by atoms with Crippen LogP contribution < -0.4 is 0 Å². The van der Waals surface area contributed by atoms with E-state index in [2.05, 4.69) is 26.0 Å². The normalized spacial score (nSPS) is 47.0. The highest BCUT2D eigenvalue weighted by Gasteiger charge is 2.62. The molecule has 0 saturated heterocycles. The van der Waals surface area contributed by atoms with E-state index in [9.17, 15) is 14.7 Å². The number of allylic oxidation sites excluding steroid dienone is 4. The van der Waals surface area contributed by atoms with E-state index in [4.69, 9.17) is 5.11 Å². The van der Waals surface area contributed by atoms with Crippen LogP contribution in [0.4, 0.5) is 0 Å². The molecular formula is C22H30O4. The number of aliphatic hydroxyl groups is 1. The van der Waals surface area contributed by atoms with Crippen LogP contribution in [-0.4, -0.2) is 27.6 Å². The van der Waals surface area contributed by atoms with Gasteiger partial charge in [0.2, 0.25) is 0 Å². The van der Waals surface area contributed by atoms with E-state index in [-0.39, 0.29) is 23.0 Å². The summed E-state index contributed by atoms with van der Waals surface area (Å²) in [7, 11) is 0. The van der Waals surface area contributed by atoms with Crippen LogP contribution in [-0.2, 0) is 9.59 Å². The van der Waals surface area contributed by atoms with Gasteiger partial charge in [0.1, 0.15) is 0 Å². The Kier molecular flexibility index (Phi) is 4.00. The van der Waals surface area contributed by atoms with Gasteiger partial charge in [-0.05, 0) is 78.8 Å². The molecule has 0 bridgehead atoms. The third kappa shape index (κ3) is 2.37. The van der Waals surface area contributed by atoms with Crippen molar-refractivity contribution in [3.63, 3.8) is 0 Å². The molecule has 0 aromatic carbocycles. The Morgan fingerprint density at radius 1 is 1.19 bits per heavy atom. The number of aliphatic carboxylic acids is 1. The van der Waals surface area contributed by atoms with Crippen molar-refractivity contribution >= 4 is 11.8 Å². The first kappa shape index (κ1) is 18.0. The molecule has 0 aromatic rings. The number of carboxylic acid groups (broad SMARTS) is 1. The molecular weight excluding hydrogens is 328 g/mol. The van der Waals surface area contributed by atoms with Crippen molar-refractivity contribution in [2.45, 2.75) is 70.8 Å². The van der Waals surface area contributed by atoms with E-state index < -0.39 is 11.6 Å². The van der Waals surface area contributed by atoms with Crippen LogP contribution in [0.5, 0.6) is 0 Å². The van der Waals surface area contributed by atoms with Gasteiger partial charge < -0.3 is 10.2 Å². The highest BCUT2D eigenvalue weighted by Crippen LogP contribution is 2.66. The number of ketones is 1. The van der Waals surface area contributed by atoms with E-state index in [1.807, 2.05) is 6.08 Å². The first-order valence-electron chi connectivity index (χ1n) is 10.1. The number of hydrogen-bond donors (Lipinski definition) is 2. The van der Waals surface area contributed by atoms with Gasteiger partial charge in [0.25, 0.3) is 0 Å². The molecule has 4 rings (SSSR count). The zero-order valence-corrected chi connectivity index (χ0v) is 15.8. The molecule has 2 fully saturated rings. The fourth-order valence-corrected chi connectivity index (χ4v) is 6.83. The average Bonchev–Trinajstić information content (AvgIpc) is 2.86. The minimum atomic E-state index is -0.867. The molecule has 2 saturated carbocycles. The van der Waals surface area contributed by atoms with Gasteiger partial charge in [0, 0.05) is 12.8 Å². The maximum Gasteiger partial charge on any atom is 0.303 e. The van der Waals surface area contributed by atoms with E-state index in [0.29, 0.717) is 37.0 Å². The Hall–Kier alpha value is -1.42. The molecule has 4 aliphatic carbocycles. The fourth-order valence-electron chi connectivity index (χ4n) is 6.83. The molecule has 26 heavy (non-hydrogen) atoms. The lowest BCUT2D eigenvalue weighted by molar-refractivity contribution is -0.144. The maximum atomic E-state index is 11.9. The van der Waals surface area contributed by atoms with Gasteiger partial charge in [-0.15, -0.1) is 0 Å². The first-order chi connectivity index (χ1) is 12.2. The van der Waals surface area contributed by atoms with Gasteiger partial charge >= 0.3 is 5.97 Å². The first-order valence-corrected chi connectivity index (χ1v) is 10.1. The highest BCUT2D eigenvalue weighted by atomic mass is 16.4. The number of fused-ring (bicyclic) bond motifs is 5. The number of hydrogen-bond acceptors (Lipinski definition) is 3. The van der Waals surface area contributed by atoms with Crippen molar-refractivity contribution in [1.29, 1.82) is 0 Å². The summed E-state index contributed by atoms with van der Waals surface area (Å²) in [5, 5.41) is 20.5.